The Morgan fingerprint density at radius 3 is 3.00 bits per heavy atom. The molecule has 0 aliphatic carbocycles. The average molecular weight is 327 g/mol. The molecular formula is C16H17N5OS. The lowest BCUT2D eigenvalue weighted by atomic mass is 10.1. The highest BCUT2D eigenvalue weighted by molar-refractivity contribution is 7.13. The molecule has 118 valence electrons. The molecular weight excluding hydrogens is 310 g/mol. The topological polar surface area (TPSA) is 81.1 Å². The van der Waals surface area contributed by atoms with Crippen molar-refractivity contribution in [3.8, 4) is 22.2 Å². The Balaban J connectivity index is 1.54. The minimum Gasteiger partial charge on any atom is -0.355 e. The van der Waals surface area contributed by atoms with Crippen LogP contribution in [0.25, 0.3) is 22.2 Å². The summed E-state index contributed by atoms with van der Waals surface area (Å²) < 4.78 is 5.35. The largest absolute Gasteiger partial charge is 0.355 e. The lowest BCUT2D eigenvalue weighted by Gasteiger charge is -2.31. The highest BCUT2D eigenvalue weighted by atomic mass is 32.1. The second-order valence-electron chi connectivity index (χ2n) is 5.65. The van der Waals surface area contributed by atoms with E-state index >= 15 is 0 Å². The minimum atomic E-state index is 0.231. The highest BCUT2D eigenvalue weighted by Crippen LogP contribution is 2.26. The molecule has 1 aliphatic heterocycles. The number of hydrogen-bond donors (Lipinski definition) is 1. The fraction of sp³-hybridized carbons (Fsp3) is 0.312. The number of hydrogen-bond acceptors (Lipinski definition) is 7. The van der Waals surface area contributed by atoms with Crippen molar-refractivity contribution in [3.05, 3.63) is 35.8 Å². The molecule has 0 radical (unpaired) electrons. The number of rotatable bonds is 3. The Morgan fingerprint density at radius 2 is 2.26 bits per heavy atom. The summed E-state index contributed by atoms with van der Waals surface area (Å²) in [7, 11) is 0. The zero-order valence-corrected chi connectivity index (χ0v) is 13.4. The van der Waals surface area contributed by atoms with Crippen LogP contribution in [0.1, 0.15) is 12.8 Å². The van der Waals surface area contributed by atoms with Gasteiger partial charge in [-0.25, -0.2) is 4.98 Å². The fourth-order valence-corrected chi connectivity index (χ4v) is 3.41. The minimum absolute atomic E-state index is 0.231. The third kappa shape index (κ3) is 2.97. The molecule has 0 saturated carbocycles. The van der Waals surface area contributed by atoms with Crippen LogP contribution in [0, 0.1) is 0 Å². The van der Waals surface area contributed by atoms with Crippen LogP contribution in [-0.4, -0.2) is 34.3 Å². The van der Waals surface area contributed by atoms with Crippen LogP contribution in [0.15, 0.2) is 40.4 Å². The van der Waals surface area contributed by atoms with Gasteiger partial charge in [0, 0.05) is 25.3 Å². The molecule has 3 aromatic rings. The molecule has 1 atom stereocenters. The van der Waals surface area contributed by atoms with Crippen LogP contribution in [-0.2, 0) is 0 Å². The third-order valence-electron chi connectivity index (χ3n) is 3.94. The van der Waals surface area contributed by atoms with Gasteiger partial charge in [0.25, 0.3) is 5.89 Å². The third-order valence-corrected chi connectivity index (χ3v) is 4.81. The van der Waals surface area contributed by atoms with Crippen molar-refractivity contribution < 1.29 is 4.52 Å². The molecule has 0 aromatic carbocycles. The maximum absolute atomic E-state index is 6.03. The van der Waals surface area contributed by atoms with Gasteiger partial charge in [-0.2, -0.15) is 4.98 Å². The summed E-state index contributed by atoms with van der Waals surface area (Å²) in [5.74, 6) is 2.05. The number of nitrogens with two attached hydrogens (primary N) is 1. The van der Waals surface area contributed by atoms with Crippen LogP contribution < -0.4 is 10.6 Å². The number of thiophene rings is 1. The molecule has 3 aromatic heterocycles. The van der Waals surface area contributed by atoms with Crippen molar-refractivity contribution in [1.29, 1.82) is 0 Å². The highest BCUT2D eigenvalue weighted by Gasteiger charge is 2.18. The number of nitrogens with zero attached hydrogens (tertiary/aromatic N) is 4. The summed E-state index contributed by atoms with van der Waals surface area (Å²) in [6.45, 7) is 1.86. The molecule has 4 heterocycles. The maximum atomic E-state index is 6.03. The van der Waals surface area contributed by atoms with Crippen LogP contribution in [0.3, 0.4) is 0 Å². The van der Waals surface area contributed by atoms with E-state index in [1.165, 1.54) is 0 Å². The van der Waals surface area contributed by atoms with Gasteiger partial charge < -0.3 is 15.2 Å². The molecule has 0 amide bonds. The molecule has 0 bridgehead atoms. The number of aromatic nitrogens is 3. The smallest absolute Gasteiger partial charge is 0.259 e. The van der Waals surface area contributed by atoms with E-state index < -0.39 is 0 Å². The van der Waals surface area contributed by atoms with E-state index in [0.29, 0.717) is 11.7 Å². The molecule has 2 N–H and O–H groups in total. The standard InChI is InChI=1S/C16H17N5OS/c17-12-3-1-7-21(10-12)14-6-5-11(9-18-14)16-19-15(20-22-16)13-4-2-8-23-13/h2,4-6,8-9,12H,1,3,7,10,17H2. The van der Waals surface area contributed by atoms with Gasteiger partial charge in [0.2, 0.25) is 5.82 Å². The van der Waals surface area contributed by atoms with Crippen molar-refractivity contribution in [3.63, 3.8) is 0 Å². The van der Waals surface area contributed by atoms with Gasteiger partial charge in [-0.05, 0) is 36.4 Å². The van der Waals surface area contributed by atoms with Gasteiger partial charge in [0.05, 0.1) is 10.4 Å². The van der Waals surface area contributed by atoms with Crippen molar-refractivity contribution in [1.82, 2.24) is 15.1 Å². The number of piperidine rings is 1. The normalized spacial score (nSPS) is 18.3. The van der Waals surface area contributed by atoms with Crippen LogP contribution in [0.5, 0.6) is 0 Å². The van der Waals surface area contributed by atoms with Gasteiger partial charge in [0.15, 0.2) is 0 Å². The molecule has 1 unspecified atom stereocenters. The average Bonchev–Trinajstić information content (AvgIpc) is 3.26. The van der Waals surface area contributed by atoms with Crippen molar-refractivity contribution in [2.75, 3.05) is 18.0 Å². The zero-order chi connectivity index (χ0) is 15.6. The van der Waals surface area contributed by atoms with E-state index in [-0.39, 0.29) is 6.04 Å². The molecule has 0 spiro atoms. The van der Waals surface area contributed by atoms with Crippen molar-refractivity contribution in [2.24, 2.45) is 5.73 Å². The van der Waals surface area contributed by atoms with Gasteiger partial charge in [-0.3, -0.25) is 0 Å². The predicted octanol–water partition coefficient (Wildman–Crippen LogP) is 2.79. The fourth-order valence-electron chi connectivity index (χ4n) is 2.76. The van der Waals surface area contributed by atoms with Gasteiger partial charge in [-0.15, -0.1) is 11.3 Å². The van der Waals surface area contributed by atoms with E-state index in [0.717, 1.165) is 42.2 Å². The van der Waals surface area contributed by atoms with Crippen LogP contribution >= 0.6 is 11.3 Å². The lowest BCUT2D eigenvalue weighted by molar-refractivity contribution is 0.432. The lowest BCUT2D eigenvalue weighted by Crippen LogP contribution is -2.43. The number of pyridine rings is 1. The molecule has 7 heteroatoms. The van der Waals surface area contributed by atoms with E-state index in [9.17, 15) is 0 Å². The second kappa shape index (κ2) is 6.10. The van der Waals surface area contributed by atoms with Gasteiger partial charge in [-0.1, -0.05) is 11.2 Å². The van der Waals surface area contributed by atoms with Gasteiger partial charge >= 0.3 is 0 Å². The summed E-state index contributed by atoms with van der Waals surface area (Å²) in [5, 5.41) is 6.02. The van der Waals surface area contributed by atoms with Crippen LogP contribution in [0.4, 0.5) is 5.82 Å². The van der Waals surface area contributed by atoms with E-state index in [1.54, 1.807) is 17.5 Å². The second-order valence-corrected chi connectivity index (χ2v) is 6.60. The Bertz CT molecular complexity index is 768. The molecule has 6 nitrogen and oxygen atoms in total. The van der Waals surface area contributed by atoms with Gasteiger partial charge in [0.1, 0.15) is 5.82 Å². The molecule has 1 aliphatic rings. The predicted molar refractivity (Wildman–Crippen MR) is 90.3 cm³/mol. The zero-order valence-electron chi connectivity index (χ0n) is 12.6. The molecule has 1 fully saturated rings. The Labute approximate surface area is 138 Å². The van der Waals surface area contributed by atoms with Crippen molar-refractivity contribution >= 4 is 17.2 Å². The quantitative estimate of drug-likeness (QED) is 0.796. The first-order chi connectivity index (χ1) is 11.3. The molecule has 4 rings (SSSR count). The van der Waals surface area contributed by atoms with E-state index in [4.69, 9.17) is 10.3 Å². The molecule has 23 heavy (non-hydrogen) atoms. The monoisotopic (exact) mass is 327 g/mol. The van der Waals surface area contributed by atoms with Crippen LogP contribution in [0.2, 0.25) is 0 Å². The first-order valence-corrected chi connectivity index (χ1v) is 8.52. The van der Waals surface area contributed by atoms with E-state index in [2.05, 4.69) is 20.0 Å². The van der Waals surface area contributed by atoms with E-state index in [1.807, 2.05) is 29.6 Å². The summed E-state index contributed by atoms with van der Waals surface area (Å²) >= 11 is 1.59. The Morgan fingerprint density at radius 1 is 1.30 bits per heavy atom. The summed E-state index contributed by atoms with van der Waals surface area (Å²) in [6.07, 6.45) is 3.97. The number of anilines is 1. The molecule has 1 saturated heterocycles. The van der Waals surface area contributed by atoms with Crippen molar-refractivity contribution in [2.45, 2.75) is 18.9 Å². The summed E-state index contributed by atoms with van der Waals surface area (Å²) in [4.78, 5) is 12.2. The maximum Gasteiger partial charge on any atom is 0.259 e. The Kier molecular flexibility index (Phi) is 3.80. The first kappa shape index (κ1) is 14.3. The summed E-state index contributed by atoms with van der Waals surface area (Å²) in [5.41, 5.74) is 6.86. The Hall–Kier alpha value is -2.25. The SMILES string of the molecule is NC1CCCN(c2ccc(-c3nc(-c4cccs4)no3)cn2)C1. The first-order valence-electron chi connectivity index (χ1n) is 7.64. The summed E-state index contributed by atoms with van der Waals surface area (Å²) in [6, 6.07) is 8.13.